The van der Waals surface area contributed by atoms with Gasteiger partial charge in [-0.2, -0.15) is 5.26 Å². The summed E-state index contributed by atoms with van der Waals surface area (Å²) in [5.41, 5.74) is 6.99. The minimum atomic E-state index is -0.385. The number of nitrogen functional groups attached to an aromatic ring is 1. The van der Waals surface area contributed by atoms with Crippen molar-refractivity contribution in [3.05, 3.63) is 83.1 Å². The quantitative estimate of drug-likeness (QED) is 0.274. The van der Waals surface area contributed by atoms with Gasteiger partial charge >= 0.3 is 5.69 Å². The van der Waals surface area contributed by atoms with Crippen LogP contribution in [0.2, 0.25) is 0 Å². The molecule has 2 aromatic carbocycles. The molecule has 41 heavy (non-hydrogen) atoms. The number of anilines is 1. The fourth-order valence-corrected chi connectivity index (χ4v) is 5.36. The molecule has 0 bridgehead atoms. The summed E-state index contributed by atoms with van der Waals surface area (Å²) in [6.45, 7) is 6.46. The van der Waals surface area contributed by atoms with Gasteiger partial charge in [-0.15, -0.1) is 0 Å². The molecule has 2 N–H and O–H groups in total. The van der Waals surface area contributed by atoms with E-state index in [1.165, 1.54) is 10.9 Å². The van der Waals surface area contributed by atoms with E-state index in [4.69, 9.17) is 10.5 Å². The maximum absolute atomic E-state index is 13.8. The molecule has 6 rings (SSSR count). The van der Waals surface area contributed by atoms with Crippen LogP contribution in [-0.4, -0.2) is 66.5 Å². The zero-order valence-corrected chi connectivity index (χ0v) is 22.9. The van der Waals surface area contributed by atoms with Gasteiger partial charge in [-0.3, -0.25) is 18.8 Å². The highest BCUT2D eigenvalue weighted by Gasteiger charge is 2.38. The Kier molecular flexibility index (Phi) is 6.55. The lowest BCUT2D eigenvalue weighted by atomic mass is 9.94. The Morgan fingerprint density at radius 3 is 2.39 bits per heavy atom. The van der Waals surface area contributed by atoms with Crippen molar-refractivity contribution in [3.63, 3.8) is 0 Å². The van der Waals surface area contributed by atoms with Crippen molar-refractivity contribution >= 4 is 22.9 Å². The monoisotopic (exact) mass is 550 g/mol. The van der Waals surface area contributed by atoms with E-state index in [0.29, 0.717) is 28.4 Å². The van der Waals surface area contributed by atoms with E-state index >= 15 is 0 Å². The predicted octanol–water partition coefficient (Wildman–Crippen LogP) is 3.27. The number of para-hydroxylation sites is 1. The summed E-state index contributed by atoms with van der Waals surface area (Å²) in [5.74, 6) is 1.16. The molecule has 208 valence electrons. The van der Waals surface area contributed by atoms with Gasteiger partial charge in [0.1, 0.15) is 35.0 Å². The second kappa shape index (κ2) is 10.2. The van der Waals surface area contributed by atoms with Gasteiger partial charge in [-0.05, 0) is 62.7 Å². The van der Waals surface area contributed by atoms with Gasteiger partial charge in [0.2, 0.25) is 0 Å². The van der Waals surface area contributed by atoms with Crippen molar-refractivity contribution in [2.24, 2.45) is 0 Å². The number of imidazole rings is 1. The molecule has 11 heteroatoms. The Balaban J connectivity index is 1.27. The normalized spacial score (nSPS) is 16.2. The number of likely N-dealkylation sites (tertiary alicyclic amines) is 2. The van der Waals surface area contributed by atoms with E-state index in [1.807, 2.05) is 44.2 Å². The van der Waals surface area contributed by atoms with Crippen molar-refractivity contribution in [3.8, 4) is 23.3 Å². The van der Waals surface area contributed by atoms with Gasteiger partial charge in [0, 0.05) is 31.7 Å². The summed E-state index contributed by atoms with van der Waals surface area (Å²) in [7, 11) is 0. The lowest BCUT2D eigenvalue weighted by Crippen LogP contribution is -2.54. The highest BCUT2D eigenvalue weighted by Crippen LogP contribution is 2.30. The molecule has 2 aliphatic heterocycles. The molecular weight excluding hydrogens is 520 g/mol. The largest absolute Gasteiger partial charge is 0.457 e. The highest BCUT2D eigenvalue weighted by atomic mass is 16.5. The van der Waals surface area contributed by atoms with E-state index in [9.17, 15) is 14.9 Å². The highest BCUT2D eigenvalue weighted by molar-refractivity contribution is 5.98. The molecule has 11 nitrogen and oxygen atoms in total. The van der Waals surface area contributed by atoms with E-state index in [1.54, 1.807) is 39.8 Å². The summed E-state index contributed by atoms with van der Waals surface area (Å²) in [6, 6.07) is 18.3. The minimum absolute atomic E-state index is 0.111. The fraction of sp³-hybridized carbons (Fsp3) is 0.300. The van der Waals surface area contributed by atoms with Gasteiger partial charge < -0.3 is 15.4 Å². The van der Waals surface area contributed by atoms with E-state index in [2.05, 4.69) is 20.9 Å². The second-order valence-corrected chi connectivity index (χ2v) is 10.9. The number of benzene rings is 2. The number of amides is 1. The molecule has 2 aromatic heterocycles. The molecule has 0 aliphatic carbocycles. The van der Waals surface area contributed by atoms with Crippen molar-refractivity contribution in [2.45, 2.75) is 31.8 Å². The van der Waals surface area contributed by atoms with Gasteiger partial charge in [0.25, 0.3) is 5.91 Å². The minimum Gasteiger partial charge on any atom is -0.457 e. The first kappa shape index (κ1) is 26.3. The number of hydrogen-bond donors (Lipinski definition) is 1. The number of rotatable bonds is 7. The predicted molar refractivity (Wildman–Crippen MR) is 154 cm³/mol. The van der Waals surface area contributed by atoms with Crippen LogP contribution < -0.4 is 16.2 Å². The van der Waals surface area contributed by atoms with Crippen LogP contribution in [0.15, 0.2) is 77.4 Å². The standard InChI is InChI=1S/C30H30N8O3/c1-30(2,36-13-6-14-36)15-20(16-31)28(39)35-17-22(18-35)38-27-25(26(32)33-19-34-27)37(29(38)40)21-9-11-24(12-10-21)41-23-7-4-3-5-8-23/h3-5,7-12,15,19,22H,6,13-14,17-18H2,1-2H3,(H2,32,33,34). The molecule has 4 heterocycles. The Hall–Kier alpha value is -4.95. The maximum atomic E-state index is 13.8. The number of nitrogens with two attached hydrogens (primary N) is 1. The average Bonchev–Trinajstić information content (AvgIpc) is 3.19. The van der Waals surface area contributed by atoms with Crippen LogP contribution in [0.25, 0.3) is 16.9 Å². The zero-order chi connectivity index (χ0) is 28.7. The lowest BCUT2D eigenvalue weighted by Gasteiger charge is -2.43. The Bertz CT molecular complexity index is 1740. The fourth-order valence-electron chi connectivity index (χ4n) is 5.36. The molecule has 2 saturated heterocycles. The Morgan fingerprint density at radius 1 is 1.07 bits per heavy atom. The van der Waals surface area contributed by atoms with Crippen molar-refractivity contribution < 1.29 is 9.53 Å². The van der Waals surface area contributed by atoms with E-state index in [-0.39, 0.29) is 47.7 Å². The summed E-state index contributed by atoms with van der Waals surface area (Å²) < 4.78 is 8.93. The molecule has 0 radical (unpaired) electrons. The summed E-state index contributed by atoms with van der Waals surface area (Å²) in [6.07, 6.45) is 4.19. The summed E-state index contributed by atoms with van der Waals surface area (Å²) >= 11 is 0. The number of nitriles is 1. The first-order valence-electron chi connectivity index (χ1n) is 13.5. The molecule has 1 amide bonds. The molecular formula is C30H30N8O3. The average molecular weight is 551 g/mol. The Morgan fingerprint density at radius 2 is 1.76 bits per heavy atom. The summed E-state index contributed by atoms with van der Waals surface area (Å²) in [4.78, 5) is 39.3. The van der Waals surface area contributed by atoms with Crippen LogP contribution in [0, 0.1) is 11.3 Å². The number of carbonyl (C=O) groups is 1. The van der Waals surface area contributed by atoms with Crippen molar-refractivity contribution in [1.82, 2.24) is 28.9 Å². The topological polar surface area (TPSA) is 135 Å². The van der Waals surface area contributed by atoms with Crippen molar-refractivity contribution in [1.29, 1.82) is 5.26 Å². The third kappa shape index (κ3) is 4.72. The molecule has 0 spiro atoms. The maximum Gasteiger partial charge on any atom is 0.335 e. The van der Waals surface area contributed by atoms with Crippen LogP contribution in [0.3, 0.4) is 0 Å². The number of hydrogen-bond acceptors (Lipinski definition) is 8. The molecule has 2 fully saturated rings. The molecule has 0 unspecified atom stereocenters. The van der Waals surface area contributed by atoms with E-state index in [0.717, 1.165) is 19.5 Å². The third-order valence-corrected chi connectivity index (χ3v) is 7.79. The van der Waals surface area contributed by atoms with Crippen LogP contribution >= 0.6 is 0 Å². The number of aromatic nitrogens is 4. The number of carbonyl (C=O) groups excluding carboxylic acids is 1. The molecule has 0 atom stereocenters. The van der Waals surface area contributed by atoms with E-state index < -0.39 is 0 Å². The van der Waals surface area contributed by atoms with Gasteiger partial charge in [-0.1, -0.05) is 18.2 Å². The van der Waals surface area contributed by atoms with Crippen molar-refractivity contribution in [2.75, 3.05) is 31.9 Å². The Labute approximate surface area is 236 Å². The number of ether oxygens (including phenoxy) is 1. The van der Waals surface area contributed by atoms with Crippen LogP contribution in [-0.2, 0) is 4.79 Å². The van der Waals surface area contributed by atoms with Gasteiger partial charge in [-0.25, -0.2) is 14.8 Å². The first-order valence-corrected chi connectivity index (χ1v) is 13.5. The summed E-state index contributed by atoms with van der Waals surface area (Å²) in [5, 5.41) is 9.75. The molecule has 4 aromatic rings. The van der Waals surface area contributed by atoms with Gasteiger partial charge in [0.05, 0.1) is 11.7 Å². The van der Waals surface area contributed by atoms with Gasteiger partial charge in [0.15, 0.2) is 11.5 Å². The number of nitrogens with zero attached hydrogens (tertiary/aromatic N) is 7. The SMILES string of the molecule is CC(C)(C=C(C#N)C(=O)N1CC(n2c(=O)n(-c3ccc(Oc4ccccc4)cc3)c3c(N)ncnc32)C1)N1CCC1. The third-order valence-electron chi connectivity index (χ3n) is 7.79. The van der Waals surface area contributed by atoms with Crippen LogP contribution in [0.5, 0.6) is 11.5 Å². The second-order valence-electron chi connectivity index (χ2n) is 10.9. The molecule has 2 aliphatic rings. The smallest absolute Gasteiger partial charge is 0.335 e. The first-order chi connectivity index (χ1) is 19.8. The van der Waals surface area contributed by atoms with Crippen LogP contribution in [0.4, 0.5) is 5.82 Å². The number of fused-ring (bicyclic) bond motifs is 1. The lowest BCUT2D eigenvalue weighted by molar-refractivity contribution is -0.132. The molecule has 0 saturated carbocycles. The van der Waals surface area contributed by atoms with Crippen LogP contribution in [0.1, 0.15) is 26.3 Å². The zero-order valence-electron chi connectivity index (χ0n) is 22.9.